The second-order valence-electron chi connectivity index (χ2n) is 11.7. The average molecular weight is 439 g/mol. The van der Waals surface area contributed by atoms with Crippen LogP contribution in [0.4, 0.5) is 0 Å². The van der Waals surface area contributed by atoms with Gasteiger partial charge in [0.2, 0.25) is 5.78 Å². The molecule has 0 radical (unpaired) electrons. The summed E-state index contributed by atoms with van der Waals surface area (Å²) in [6, 6.07) is 0. The highest BCUT2D eigenvalue weighted by molar-refractivity contribution is 6.08. The molecule has 4 aliphatic rings. The van der Waals surface area contributed by atoms with E-state index in [2.05, 4.69) is 38.7 Å². The molecule has 4 nitrogen and oxygen atoms in total. The van der Waals surface area contributed by atoms with Gasteiger partial charge in [-0.05, 0) is 67.1 Å². The van der Waals surface area contributed by atoms with Gasteiger partial charge in [0.15, 0.2) is 0 Å². The molecule has 3 unspecified atom stereocenters. The maximum atomic E-state index is 14.0. The SMILES string of the molecule is CC(C)CCCC#CC(=O)C12C[C@@H]3[C@H](C)CC[C@H]3C3(C=O)CC1C=C(C(C)C)[C@@]23C(=O)O. The summed E-state index contributed by atoms with van der Waals surface area (Å²) in [5.41, 5.74) is -2.76. The molecule has 0 aliphatic heterocycles. The molecule has 7 atom stereocenters. The number of carboxylic acids is 1. The highest BCUT2D eigenvalue weighted by Crippen LogP contribution is 2.82. The number of allylic oxidation sites excluding steroid dienone is 1. The van der Waals surface area contributed by atoms with Crippen LogP contribution in [-0.4, -0.2) is 23.1 Å². The zero-order chi connectivity index (χ0) is 23.5. The second kappa shape index (κ2) is 7.86. The lowest BCUT2D eigenvalue weighted by molar-refractivity contribution is -0.181. The Morgan fingerprint density at radius 1 is 1.22 bits per heavy atom. The maximum Gasteiger partial charge on any atom is 0.315 e. The number of Topliss-reactive ketones (excluding diaryl/α,β-unsaturated/α-hetero) is 1. The fourth-order valence-electron chi connectivity index (χ4n) is 8.46. The zero-order valence-electron chi connectivity index (χ0n) is 20.2. The van der Waals surface area contributed by atoms with E-state index in [0.717, 1.165) is 37.5 Å². The van der Waals surface area contributed by atoms with Crippen molar-refractivity contribution in [3.8, 4) is 11.8 Å². The van der Waals surface area contributed by atoms with Crippen molar-refractivity contribution in [1.29, 1.82) is 0 Å². The fourth-order valence-corrected chi connectivity index (χ4v) is 8.46. The summed E-state index contributed by atoms with van der Waals surface area (Å²) >= 11 is 0. The minimum absolute atomic E-state index is 0.0303. The minimum Gasteiger partial charge on any atom is -0.481 e. The normalized spacial score (nSPS) is 41.3. The van der Waals surface area contributed by atoms with E-state index in [-0.39, 0.29) is 29.5 Å². The maximum absolute atomic E-state index is 14.0. The van der Waals surface area contributed by atoms with Gasteiger partial charge in [-0.2, -0.15) is 0 Å². The largest absolute Gasteiger partial charge is 0.481 e. The fraction of sp³-hybridized carbons (Fsp3) is 0.750. The summed E-state index contributed by atoms with van der Waals surface area (Å²) in [5, 5.41) is 10.9. The molecule has 4 heteroatoms. The van der Waals surface area contributed by atoms with E-state index in [4.69, 9.17) is 0 Å². The molecule has 4 bridgehead atoms. The van der Waals surface area contributed by atoms with Gasteiger partial charge in [0.1, 0.15) is 11.7 Å². The van der Waals surface area contributed by atoms with Gasteiger partial charge in [-0.25, -0.2) is 0 Å². The summed E-state index contributed by atoms with van der Waals surface area (Å²) in [6.07, 6.45) is 8.58. The van der Waals surface area contributed by atoms with Gasteiger partial charge in [-0.3, -0.25) is 9.59 Å². The molecule has 32 heavy (non-hydrogen) atoms. The molecule has 0 amide bonds. The van der Waals surface area contributed by atoms with Gasteiger partial charge in [0, 0.05) is 6.42 Å². The lowest BCUT2D eigenvalue weighted by Crippen LogP contribution is -2.64. The summed E-state index contributed by atoms with van der Waals surface area (Å²) < 4.78 is 0. The number of hydrogen-bond donors (Lipinski definition) is 1. The van der Waals surface area contributed by atoms with Crippen LogP contribution in [0, 0.1) is 63.6 Å². The van der Waals surface area contributed by atoms with E-state index in [9.17, 15) is 19.5 Å². The lowest BCUT2D eigenvalue weighted by atomic mass is 9.42. The van der Waals surface area contributed by atoms with E-state index in [1.165, 1.54) is 0 Å². The summed E-state index contributed by atoms with van der Waals surface area (Å²) in [6.45, 7) is 10.5. The monoisotopic (exact) mass is 438 g/mol. The third-order valence-electron chi connectivity index (χ3n) is 9.62. The second-order valence-corrected chi connectivity index (χ2v) is 11.7. The van der Waals surface area contributed by atoms with E-state index in [1.54, 1.807) is 0 Å². The summed E-state index contributed by atoms with van der Waals surface area (Å²) in [4.78, 5) is 40.2. The van der Waals surface area contributed by atoms with Crippen molar-refractivity contribution in [1.82, 2.24) is 0 Å². The van der Waals surface area contributed by atoms with E-state index >= 15 is 0 Å². The predicted octanol–water partition coefficient (Wildman–Crippen LogP) is 5.31. The highest BCUT2D eigenvalue weighted by atomic mass is 16.4. The van der Waals surface area contributed by atoms with Crippen LogP contribution < -0.4 is 0 Å². The first-order valence-electron chi connectivity index (χ1n) is 12.5. The van der Waals surface area contributed by atoms with E-state index in [1.807, 2.05) is 13.8 Å². The molecule has 4 aliphatic carbocycles. The zero-order valence-corrected chi connectivity index (χ0v) is 20.2. The average Bonchev–Trinajstić information content (AvgIpc) is 3.31. The van der Waals surface area contributed by atoms with Gasteiger partial charge in [-0.1, -0.05) is 65.0 Å². The topological polar surface area (TPSA) is 71.4 Å². The van der Waals surface area contributed by atoms with Crippen molar-refractivity contribution in [3.05, 3.63) is 11.6 Å². The Hall–Kier alpha value is -1.89. The van der Waals surface area contributed by atoms with Gasteiger partial charge in [-0.15, -0.1) is 0 Å². The molecule has 174 valence electrons. The Kier molecular flexibility index (Phi) is 5.71. The van der Waals surface area contributed by atoms with Crippen LogP contribution >= 0.6 is 0 Å². The summed E-state index contributed by atoms with van der Waals surface area (Å²) in [5.74, 6) is 5.78. The lowest BCUT2D eigenvalue weighted by Gasteiger charge is -2.57. The summed E-state index contributed by atoms with van der Waals surface area (Å²) in [7, 11) is 0. The van der Waals surface area contributed by atoms with Crippen molar-refractivity contribution >= 4 is 18.0 Å². The third kappa shape index (κ3) is 2.66. The molecule has 3 saturated carbocycles. The first-order valence-corrected chi connectivity index (χ1v) is 12.5. The van der Waals surface area contributed by atoms with Gasteiger partial charge < -0.3 is 9.90 Å². The number of aliphatic carboxylic acids is 1. The predicted molar refractivity (Wildman–Crippen MR) is 123 cm³/mol. The van der Waals surface area contributed by atoms with E-state index < -0.39 is 22.2 Å². The molecular formula is C28H38O4. The molecule has 3 fully saturated rings. The number of aldehydes is 1. The third-order valence-corrected chi connectivity index (χ3v) is 9.62. The van der Waals surface area contributed by atoms with E-state index in [0.29, 0.717) is 31.1 Å². The van der Waals surface area contributed by atoms with Gasteiger partial charge in [0.05, 0.1) is 10.8 Å². The number of carbonyl (C=O) groups is 3. The highest BCUT2D eigenvalue weighted by Gasteiger charge is 2.86. The van der Waals surface area contributed by atoms with Crippen LogP contribution in [0.2, 0.25) is 0 Å². The Bertz CT molecular complexity index is 917. The van der Waals surface area contributed by atoms with Crippen LogP contribution in [0.3, 0.4) is 0 Å². The number of carboxylic acid groups (broad SMARTS) is 1. The van der Waals surface area contributed by atoms with Crippen LogP contribution in [0.25, 0.3) is 0 Å². The smallest absolute Gasteiger partial charge is 0.315 e. The Balaban J connectivity index is 1.85. The molecule has 0 spiro atoms. The van der Waals surface area contributed by atoms with Crippen molar-refractivity contribution in [3.63, 3.8) is 0 Å². The van der Waals surface area contributed by atoms with Crippen molar-refractivity contribution in [2.24, 2.45) is 51.8 Å². The molecule has 0 heterocycles. The Morgan fingerprint density at radius 2 is 1.94 bits per heavy atom. The van der Waals surface area contributed by atoms with Crippen molar-refractivity contribution in [2.75, 3.05) is 0 Å². The van der Waals surface area contributed by atoms with Crippen LogP contribution in [0.5, 0.6) is 0 Å². The van der Waals surface area contributed by atoms with Crippen LogP contribution in [0.1, 0.15) is 79.6 Å². The quantitative estimate of drug-likeness (QED) is 0.192. The van der Waals surface area contributed by atoms with Crippen LogP contribution in [-0.2, 0) is 14.4 Å². The first-order chi connectivity index (χ1) is 15.1. The first kappa shape index (κ1) is 23.3. The van der Waals surface area contributed by atoms with Crippen molar-refractivity contribution < 1.29 is 19.5 Å². The molecule has 0 aromatic rings. The molecule has 0 aromatic carbocycles. The van der Waals surface area contributed by atoms with Gasteiger partial charge >= 0.3 is 5.97 Å². The standard InChI is InChI=1S/C28H38O4/c1-17(2)9-7-6-8-10-24(30)27-15-21-19(5)11-12-22(21)26(16-29)14-20(27)13-23(18(3)4)28(26,27)25(31)32/h13,16-22H,6-7,9,11-12,14-15H2,1-5H3,(H,31,32)/t19-,20?,21-,22-,26?,27?,28+/m1/s1. The number of hydrogen-bond acceptors (Lipinski definition) is 3. The molecule has 1 N–H and O–H groups in total. The number of unbranched alkanes of at least 4 members (excludes halogenated alkanes) is 1. The molecule has 4 rings (SSSR count). The Labute approximate surface area is 192 Å². The Morgan fingerprint density at radius 3 is 2.53 bits per heavy atom. The van der Waals surface area contributed by atoms with Gasteiger partial charge in [0.25, 0.3) is 0 Å². The number of carbonyl (C=O) groups excluding carboxylic acids is 2. The molecule has 0 saturated heterocycles. The molecular weight excluding hydrogens is 400 g/mol. The number of fused-ring (bicyclic) bond motifs is 2. The van der Waals surface area contributed by atoms with Crippen LogP contribution in [0.15, 0.2) is 11.6 Å². The van der Waals surface area contributed by atoms with Crippen molar-refractivity contribution in [2.45, 2.75) is 79.6 Å². The molecule has 0 aromatic heterocycles. The number of ketones is 1. The minimum atomic E-state index is -1.45. The number of rotatable bonds is 7.